The van der Waals surface area contributed by atoms with Crippen LogP contribution in [-0.2, 0) is 14.4 Å². The van der Waals surface area contributed by atoms with Gasteiger partial charge in [0, 0.05) is 0 Å². The monoisotopic (exact) mass is 418 g/mol. The van der Waals surface area contributed by atoms with E-state index in [2.05, 4.69) is 16.0 Å². The molecule has 1 unspecified atom stereocenters. The number of benzene rings is 1. The molecule has 0 bridgehead atoms. The number of nitrogens with one attached hydrogen (secondary N) is 3. The second kappa shape index (κ2) is 10.1. The van der Waals surface area contributed by atoms with Crippen LogP contribution < -0.4 is 20.9 Å². The molecule has 1 aromatic rings. The number of carboxylic acids is 1. The van der Waals surface area contributed by atoms with E-state index in [-0.39, 0.29) is 30.7 Å². The number of anilines is 2. The highest BCUT2D eigenvalue weighted by molar-refractivity contribution is 6.10. The Kier molecular flexibility index (Phi) is 7.79. The molecular formula is C21H30N4O5. The molecule has 9 heteroatoms. The Labute approximate surface area is 176 Å². The van der Waals surface area contributed by atoms with Gasteiger partial charge in [-0.15, -0.1) is 0 Å². The van der Waals surface area contributed by atoms with E-state index in [1.54, 1.807) is 31.2 Å². The highest BCUT2D eigenvalue weighted by Gasteiger charge is 2.33. The number of amides is 4. The van der Waals surface area contributed by atoms with Crippen LogP contribution in [0.15, 0.2) is 24.3 Å². The summed E-state index contributed by atoms with van der Waals surface area (Å²) >= 11 is 0. The molecule has 3 atom stereocenters. The van der Waals surface area contributed by atoms with Gasteiger partial charge in [0.15, 0.2) is 0 Å². The van der Waals surface area contributed by atoms with Gasteiger partial charge in [0.2, 0.25) is 11.8 Å². The summed E-state index contributed by atoms with van der Waals surface area (Å²) in [4.78, 5) is 50.7. The van der Waals surface area contributed by atoms with Gasteiger partial charge in [-0.3, -0.25) is 14.5 Å². The fourth-order valence-corrected chi connectivity index (χ4v) is 3.28. The van der Waals surface area contributed by atoms with Crippen molar-refractivity contribution in [3.63, 3.8) is 0 Å². The van der Waals surface area contributed by atoms with Crippen molar-refractivity contribution in [1.82, 2.24) is 10.6 Å². The van der Waals surface area contributed by atoms with Crippen LogP contribution in [0, 0.1) is 11.8 Å². The number of fused-ring (bicyclic) bond motifs is 1. The molecule has 164 valence electrons. The Morgan fingerprint density at radius 3 is 2.43 bits per heavy atom. The molecule has 4 N–H and O–H groups in total. The van der Waals surface area contributed by atoms with Gasteiger partial charge in [-0.05, 0) is 30.4 Å². The van der Waals surface area contributed by atoms with Crippen molar-refractivity contribution in [2.45, 2.75) is 52.6 Å². The number of hydrogen-bond acceptors (Lipinski definition) is 4. The van der Waals surface area contributed by atoms with E-state index in [4.69, 9.17) is 0 Å². The molecule has 0 aliphatic carbocycles. The van der Waals surface area contributed by atoms with E-state index < -0.39 is 30.0 Å². The van der Waals surface area contributed by atoms with Crippen molar-refractivity contribution < 1.29 is 24.3 Å². The molecule has 0 aromatic heterocycles. The Hall–Kier alpha value is -3.10. The highest BCUT2D eigenvalue weighted by Crippen LogP contribution is 2.29. The standard InChI is InChI=1S/C21H30N4O5/c1-5-13(4)18(19(27)23-15(20(28)29)10-12(2)3)24-21(30)25-11-17(26)22-14-8-6-7-9-16(14)25/h6-9,12-13,15,18H,5,10-11H2,1-4H3,(H,22,26)(H,23,27)(H,24,30)(H,28,29)/t13?,15-,18-/m0/s1. The van der Waals surface area contributed by atoms with Gasteiger partial charge in [-0.2, -0.15) is 0 Å². The van der Waals surface area contributed by atoms with Gasteiger partial charge in [0.25, 0.3) is 0 Å². The molecule has 30 heavy (non-hydrogen) atoms. The van der Waals surface area contributed by atoms with Crippen LogP contribution in [-0.4, -0.2) is 47.5 Å². The van der Waals surface area contributed by atoms with Gasteiger partial charge in [0.05, 0.1) is 11.4 Å². The molecule has 0 fully saturated rings. The van der Waals surface area contributed by atoms with Crippen molar-refractivity contribution in [3.8, 4) is 0 Å². The van der Waals surface area contributed by atoms with Crippen LogP contribution in [0.25, 0.3) is 0 Å². The largest absolute Gasteiger partial charge is 0.480 e. The minimum absolute atomic E-state index is 0.0754. The maximum Gasteiger partial charge on any atom is 0.326 e. The second-order valence-corrected chi connectivity index (χ2v) is 7.99. The molecule has 0 spiro atoms. The number of urea groups is 1. The molecule has 1 heterocycles. The summed E-state index contributed by atoms with van der Waals surface area (Å²) in [6.45, 7) is 7.25. The van der Waals surface area contributed by atoms with Crippen LogP contribution >= 0.6 is 0 Å². The summed E-state index contributed by atoms with van der Waals surface area (Å²) in [6, 6.07) is 4.32. The first-order valence-electron chi connectivity index (χ1n) is 10.1. The number of carboxylic acid groups (broad SMARTS) is 1. The lowest BCUT2D eigenvalue weighted by Gasteiger charge is -2.32. The summed E-state index contributed by atoms with van der Waals surface area (Å²) in [5, 5.41) is 17.4. The third kappa shape index (κ3) is 5.71. The average Bonchev–Trinajstić information content (AvgIpc) is 2.69. The third-order valence-corrected chi connectivity index (χ3v) is 5.11. The Morgan fingerprint density at radius 2 is 1.83 bits per heavy atom. The van der Waals surface area contributed by atoms with Crippen LogP contribution in [0.2, 0.25) is 0 Å². The molecule has 0 saturated carbocycles. The SMILES string of the molecule is CCC(C)[C@H](NC(=O)N1CC(=O)Nc2ccccc21)C(=O)N[C@@H](CC(C)C)C(=O)O. The zero-order valence-corrected chi connectivity index (χ0v) is 17.8. The molecule has 0 radical (unpaired) electrons. The number of aliphatic carboxylic acids is 1. The minimum atomic E-state index is -1.12. The predicted octanol–water partition coefficient (Wildman–Crippen LogP) is 2.18. The Balaban J connectivity index is 2.20. The first-order valence-corrected chi connectivity index (χ1v) is 10.1. The smallest absolute Gasteiger partial charge is 0.326 e. The average molecular weight is 418 g/mol. The molecular weight excluding hydrogens is 388 g/mol. The number of nitrogens with zero attached hydrogens (tertiary/aromatic N) is 1. The molecule has 4 amide bonds. The lowest BCUT2D eigenvalue weighted by Crippen LogP contribution is -2.57. The number of carbonyl (C=O) groups is 4. The Bertz CT molecular complexity index is 810. The van der Waals surface area contributed by atoms with Crippen LogP contribution in [0.4, 0.5) is 16.2 Å². The van der Waals surface area contributed by atoms with Crippen LogP contribution in [0.5, 0.6) is 0 Å². The Morgan fingerprint density at radius 1 is 1.17 bits per heavy atom. The van der Waals surface area contributed by atoms with Crippen LogP contribution in [0.1, 0.15) is 40.5 Å². The zero-order valence-electron chi connectivity index (χ0n) is 17.8. The van der Waals surface area contributed by atoms with E-state index in [0.717, 1.165) is 0 Å². The summed E-state index contributed by atoms with van der Waals surface area (Å²) in [6.07, 6.45) is 0.874. The predicted molar refractivity (Wildman–Crippen MR) is 113 cm³/mol. The number of rotatable bonds is 8. The molecule has 9 nitrogen and oxygen atoms in total. The zero-order chi connectivity index (χ0) is 22.4. The fraction of sp³-hybridized carbons (Fsp3) is 0.524. The first kappa shape index (κ1) is 23.2. The lowest BCUT2D eigenvalue weighted by atomic mass is 9.97. The van der Waals surface area contributed by atoms with E-state index in [1.807, 2.05) is 20.8 Å². The molecule has 2 rings (SSSR count). The summed E-state index contributed by atoms with van der Waals surface area (Å²) < 4.78 is 0. The van der Waals surface area contributed by atoms with E-state index in [9.17, 15) is 24.3 Å². The summed E-state index contributed by atoms with van der Waals surface area (Å²) in [5.41, 5.74) is 1.04. The van der Waals surface area contributed by atoms with Crippen molar-refractivity contribution in [2.75, 3.05) is 16.8 Å². The quantitative estimate of drug-likeness (QED) is 0.514. The van der Waals surface area contributed by atoms with Gasteiger partial charge in [0.1, 0.15) is 18.6 Å². The minimum Gasteiger partial charge on any atom is -0.480 e. The number of hydrogen-bond donors (Lipinski definition) is 4. The molecule has 1 aliphatic rings. The van der Waals surface area contributed by atoms with Crippen molar-refractivity contribution in [1.29, 1.82) is 0 Å². The summed E-state index contributed by atoms with van der Waals surface area (Å²) in [5.74, 6) is -2.17. The number of para-hydroxylation sites is 2. The van der Waals surface area contributed by atoms with Crippen LogP contribution in [0.3, 0.4) is 0 Å². The fourth-order valence-electron chi connectivity index (χ4n) is 3.28. The lowest BCUT2D eigenvalue weighted by molar-refractivity contribution is -0.142. The number of carbonyl (C=O) groups excluding carboxylic acids is 3. The third-order valence-electron chi connectivity index (χ3n) is 5.11. The van der Waals surface area contributed by atoms with Gasteiger partial charge >= 0.3 is 12.0 Å². The van der Waals surface area contributed by atoms with Crippen molar-refractivity contribution >= 4 is 35.2 Å². The van der Waals surface area contributed by atoms with E-state index in [1.165, 1.54) is 4.90 Å². The maximum atomic E-state index is 13.0. The van der Waals surface area contributed by atoms with E-state index >= 15 is 0 Å². The van der Waals surface area contributed by atoms with Gasteiger partial charge < -0.3 is 21.1 Å². The maximum absolute atomic E-state index is 13.0. The molecule has 1 aliphatic heterocycles. The van der Waals surface area contributed by atoms with Gasteiger partial charge in [-0.1, -0.05) is 46.2 Å². The molecule has 1 aromatic carbocycles. The topological polar surface area (TPSA) is 128 Å². The van der Waals surface area contributed by atoms with Crippen molar-refractivity contribution in [2.24, 2.45) is 11.8 Å². The van der Waals surface area contributed by atoms with Gasteiger partial charge in [-0.25, -0.2) is 9.59 Å². The van der Waals surface area contributed by atoms with E-state index in [0.29, 0.717) is 17.8 Å². The highest BCUT2D eigenvalue weighted by atomic mass is 16.4. The second-order valence-electron chi connectivity index (χ2n) is 7.99. The normalized spacial score (nSPS) is 16.2. The first-order chi connectivity index (χ1) is 14.1. The van der Waals surface area contributed by atoms with Crippen molar-refractivity contribution in [3.05, 3.63) is 24.3 Å². The molecule has 0 saturated heterocycles. The summed E-state index contributed by atoms with van der Waals surface area (Å²) in [7, 11) is 0.